The van der Waals surface area contributed by atoms with E-state index in [1.165, 1.54) is 12.8 Å². The van der Waals surface area contributed by atoms with E-state index in [9.17, 15) is 0 Å². The highest BCUT2D eigenvalue weighted by Crippen LogP contribution is 2.24. The summed E-state index contributed by atoms with van der Waals surface area (Å²) in [6.07, 6.45) is 3.44. The Labute approximate surface area is 182 Å². The van der Waals surface area contributed by atoms with E-state index in [0.29, 0.717) is 12.5 Å². The summed E-state index contributed by atoms with van der Waals surface area (Å²) in [4.78, 5) is 11.4. The van der Waals surface area contributed by atoms with Crippen LogP contribution in [-0.4, -0.2) is 42.8 Å². The molecule has 7 nitrogen and oxygen atoms in total. The Morgan fingerprint density at radius 1 is 1.33 bits per heavy atom. The molecule has 0 bridgehead atoms. The van der Waals surface area contributed by atoms with Crippen LogP contribution in [0.15, 0.2) is 21.0 Å². The molecule has 1 aliphatic heterocycles. The number of guanidine groups is 1. The van der Waals surface area contributed by atoms with Crippen LogP contribution in [0.25, 0.3) is 0 Å². The van der Waals surface area contributed by atoms with Crippen molar-refractivity contribution in [3.8, 4) is 0 Å². The number of hydrogen-bond donors (Lipinski definition) is 2. The molecule has 3 heterocycles. The molecule has 3 rings (SSSR count). The van der Waals surface area contributed by atoms with Crippen LogP contribution in [0.4, 0.5) is 5.13 Å². The Hall–Kier alpha value is -1.36. The molecule has 0 saturated carbocycles. The Morgan fingerprint density at radius 3 is 2.78 bits per heavy atom. The van der Waals surface area contributed by atoms with E-state index >= 15 is 0 Å². The van der Waals surface area contributed by atoms with Crippen molar-refractivity contribution < 1.29 is 4.52 Å². The molecular formula is C18H29IN6OS. The van der Waals surface area contributed by atoms with Crippen molar-refractivity contribution >= 4 is 46.4 Å². The summed E-state index contributed by atoms with van der Waals surface area (Å²) in [5, 5.41) is 14.0. The van der Waals surface area contributed by atoms with Gasteiger partial charge in [-0.2, -0.15) is 0 Å². The van der Waals surface area contributed by atoms with Gasteiger partial charge in [0.2, 0.25) is 0 Å². The van der Waals surface area contributed by atoms with Crippen LogP contribution in [0, 0.1) is 0 Å². The number of aliphatic imine (C=N–C) groups is 1. The van der Waals surface area contributed by atoms with Crippen LogP contribution in [0.1, 0.15) is 49.8 Å². The lowest BCUT2D eigenvalue weighted by atomic mass is 10.1. The summed E-state index contributed by atoms with van der Waals surface area (Å²) in [5.41, 5.74) is 2.11. The summed E-state index contributed by atoms with van der Waals surface area (Å²) in [7, 11) is 1.77. The molecule has 27 heavy (non-hydrogen) atoms. The average Bonchev–Trinajstić information content (AvgIpc) is 3.39. The first-order chi connectivity index (χ1) is 12.7. The topological polar surface area (TPSA) is 78.6 Å². The normalized spacial score (nSPS) is 14.5. The van der Waals surface area contributed by atoms with Crippen molar-refractivity contribution in [2.75, 3.05) is 31.6 Å². The molecule has 0 amide bonds. The van der Waals surface area contributed by atoms with Gasteiger partial charge in [0, 0.05) is 44.5 Å². The first kappa shape index (κ1) is 21.9. The second-order valence-corrected chi connectivity index (χ2v) is 7.63. The number of aromatic nitrogens is 2. The van der Waals surface area contributed by atoms with Crippen molar-refractivity contribution in [1.29, 1.82) is 0 Å². The predicted molar refractivity (Wildman–Crippen MR) is 121 cm³/mol. The van der Waals surface area contributed by atoms with E-state index in [0.717, 1.165) is 54.3 Å². The number of halogens is 1. The summed E-state index contributed by atoms with van der Waals surface area (Å²) in [6, 6.07) is 1.99. The van der Waals surface area contributed by atoms with Crippen molar-refractivity contribution in [3.05, 3.63) is 28.6 Å². The number of nitrogens with one attached hydrogen (secondary N) is 2. The lowest BCUT2D eigenvalue weighted by molar-refractivity contribution is 0.372. The molecule has 2 N–H and O–H groups in total. The van der Waals surface area contributed by atoms with Crippen LogP contribution in [0.2, 0.25) is 0 Å². The SMILES string of the molecule is CN=C(NCCc1csc(N2CCCC2)n1)NCc1cc(C(C)C)no1.I. The first-order valence-electron chi connectivity index (χ1n) is 9.25. The minimum atomic E-state index is 0. The second-order valence-electron chi connectivity index (χ2n) is 6.79. The zero-order valence-corrected chi connectivity index (χ0v) is 19.3. The highest BCUT2D eigenvalue weighted by atomic mass is 127. The molecule has 0 aliphatic carbocycles. The molecule has 0 atom stereocenters. The van der Waals surface area contributed by atoms with Crippen molar-refractivity contribution in [3.63, 3.8) is 0 Å². The molecular weight excluding hydrogens is 475 g/mol. The highest BCUT2D eigenvalue weighted by Gasteiger charge is 2.15. The average molecular weight is 504 g/mol. The number of thiazole rings is 1. The van der Waals surface area contributed by atoms with Gasteiger partial charge in [0.15, 0.2) is 16.9 Å². The molecule has 150 valence electrons. The Balaban J connectivity index is 0.00000261. The van der Waals surface area contributed by atoms with E-state index in [2.05, 4.69) is 44.9 Å². The third kappa shape index (κ3) is 6.34. The first-order valence-corrected chi connectivity index (χ1v) is 10.1. The maximum atomic E-state index is 5.34. The van der Waals surface area contributed by atoms with Gasteiger partial charge in [-0.1, -0.05) is 19.0 Å². The molecule has 2 aromatic rings. The van der Waals surface area contributed by atoms with Crippen LogP contribution in [0.5, 0.6) is 0 Å². The maximum absolute atomic E-state index is 5.34. The van der Waals surface area contributed by atoms with Gasteiger partial charge in [-0.3, -0.25) is 4.99 Å². The van der Waals surface area contributed by atoms with Gasteiger partial charge in [0.1, 0.15) is 0 Å². The summed E-state index contributed by atoms with van der Waals surface area (Å²) in [5.74, 6) is 1.93. The van der Waals surface area contributed by atoms with Crippen LogP contribution >= 0.6 is 35.3 Å². The van der Waals surface area contributed by atoms with E-state index < -0.39 is 0 Å². The highest BCUT2D eigenvalue weighted by molar-refractivity contribution is 14.0. The van der Waals surface area contributed by atoms with Gasteiger partial charge in [-0.05, 0) is 18.8 Å². The predicted octanol–water partition coefficient (Wildman–Crippen LogP) is 3.38. The Kier molecular flexibility index (Phi) is 8.81. The molecule has 0 spiro atoms. The zero-order chi connectivity index (χ0) is 18.4. The van der Waals surface area contributed by atoms with Gasteiger partial charge in [-0.25, -0.2) is 4.98 Å². The third-order valence-electron chi connectivity index (χ3n) is 4.41. The molecule has 1 saturated heterocycles. The van der Waals surface area contributed by atoms with E-state index in [4.69, 9.17) is 9.51 Å². The standard InChI is InChI=1S/C18H28N6OS.HI/c1-13(2)16-10-15(25-23-16)11-21-17(19-3)20-7-6-14-12-26-18(22-14)24-8-4-5-9-24;/h10,12-13H,4-9,11H2,1-3H3,(H2,19,20,21);1H. The zero-order valence-electron chi connectivity index (χ0n) is 16.2. The summed E-state index contributed by atoms with van der Waals surface area (Å²) in [6.45, 7) is 7.84. The van der Waals surface area contributed by atoms with Gasteiger partial charge < -0.3 is 20.1 Å². The minimum Gasteiger partial charge on any atom is -0.359 e. The number of hydrogen-bond acceptors (Lipinski definition) is 6. The van der Waals surface area contributed by atoms with Crippen molar-refractivity contribution in [1.82, 2.24) is 20.8 Å². The molecule has 1 aliphatic rings. The molecule has 9 heteroatoms. The fourth-order valence-corrected chi connectivity index (χ4v) is 3.76. The quantitative estimate of drug-likeness (QED) is 0.342. The fourth-order valence-electron chi connectivity index (χ4n) is 2.85. The molecule has 1 fully saturated rings. The summed E-state index contributed by atoms with van der Waals surface area (Å²) < 4.78 is 5.34. The maximum Gasteiger partial charge on any atom is 0.191 e. The van der Waals surface area contributed by atoms with E-state index in [1.807, 2.05) is 6.07 Å². The fraction of sp³-hybridized carbons (Fsp3) is 0.611. The van der Waals surface area contributed by atoms with Crippen LogP contribution in [0.3, 0.4) is 0 Å². The van der Waals surface area contributed by atoms with Crippen LogP contribution < -0.4 is 15.5 Å². The van der Waals surface area contributed by atoms with Gasteiger partial charge in [0.05, 0.1) is 17.9 Å². The van der Waals surface area contributed by atoms with Gasteiger partial charge in [0.25, 0.3) is 0 Å². The molecule has 0 unspecified atom stereocenters. The van der Waals surface area contributed by atoms with Crippen LogP contribution in [-0.2, 0) is 13.0 Å². The lowest BCUT2D eigenvalue weighted by Crippen LogP contribution is -2.37. The van der Waals surface area contributed by atoms with Gasteiger partial charge in [-0.15, -0.1) is 35.3 Å². The Bertz CT molecular complexity index is 723. The molecule has 0 aromatic carbocycles. The summed E-state index contributed by atoms with van der Waals surface area (Å²) >= 11 is 1.75. The van der Waals surface area contributed by atoms with Gasteiger partial charge >= 0.3 is 0 Å². The number of anilines is 1. The second kappa shape index (κ2) is 10.8. The molecule has 2 aromatic heterocycles. The lowest BCUT2D eigenvalue weighted by Gasteiger charge is -2.12. The third-order valence-corrected chi connectivity index (χ3v) is 5.36. The minimum absolute atomic E-state index is 0. The van der Waals surface area contributed by atoms with Crippen molar-refractivity contribution in [2.45, 2.75) is 45.6 Å². The number of rotatable bonds is 7. The van der Waals surface area contributed by atoms with E-state index in [1.54, 1.807) is 18.4 Å². The molecule has 0 radical (unpaired) electrons. The number of nitrogens with zero attached hydrogens (tertiary/aromatic N) is 4. The monoisotopic (exact) mass is 504 g/mol. The van der Waals surface area contributed by atoms with Crippen molar-refractivity contribution in [2.24, 2.45) is 4.99 Å². The van der Waals surface area contributed by atoms with E-state index in [-0.39, 0.29) is 24.0 Å². The Morgan fingerprint density at radius 2 is 2.11 bits per heavy atom. The smallest absolute Gasteiger partial charge is 0.191 e. The largest absolute Gasteiger partial charge is 0.359 e.